The Morgan fingerprint density at radius 3 is 1.19 bits per heavy atom. The molecule has 0 nitrogen and oxygen atoms in total. The van der Waals surface area contributed by atoms with Crippen molar-refractivity contribution in [3.63, 3.8) is 0 Å². The van der Waals surface area contributed by atoms with Crippen molar-refractivity contribution in [3.8, 4) is 0 Å². The van der Waals surface area contributed by atoms with Gasteiger partial charge in [0, 0.05) is 5.41 Å². The summed E-state index contributed by atoms with van der Waals surface area (Å²) in [7, 11) is 0. The molecule has 0 amide bonds. The molecule has 1 aliphatic rings. The first kappa shape index (κ1) is 32.3. The van der Waals surface area contributed by atoms with E-state index in [4.69, 9.17) is 0 Å². The Morgan fingerprint density at radius 2 is 0.791 bits per heavy atom. The standard InChI is InChI=1S/C20H24.C12H12.C11H16/c1-16-6-10-18(11-7-16)20(14-4-3-5-15-20)19-12-8-17(2)9-13-19;1-9-3-5-11-6-4-10(2)8-12(11)7-9;1-9-5-7-10(8-6-9)11(2,3)4/h6-13H,3-5,14-15H2,1-2H3;3-8H,1-2H3;5-8H,1-4H3. The molecule has 0 N–H and O–H groups in total. The van der Waals surface area contributed by atoms with Crippen LogP contribution in [0.3, 0.4) is 0 Å². The third-order valence-corrected chi connectivity index (χ3v) is 8.98. The molecule has 43 heavy (non-hydrogen) atoms. The van der Waals surface area contributed by atoms with Gasteiger partial charge >= 0.3 is 0 Å². The molecule has 1 fully saturated rings. The van der Waals surface area contributed by atoms with Gasteiger partial charge < -0.3 is 0 Å². The minimum Gasteiger partial charge on any atom is -0.0590 e. The molecule has 0 aliphatic heterocycles. The molecule has 0 heteroatoms. The first-order chi connectivity index (χ1) is 20.5. The zero-order valence-electron chi connectivity index (χ0n) is 27.9. The van der Waals surface area contributed by atoms with E-state index in [2.05, 4.69) is 165 Å². The number of rotatable bonds is 2. The van der Waals surface area contributed by atoms with Crippen molar-refractivity contribution in [1.29, 1.82) is 0 Å². The first-order valence-electron chi connectivity index (χ1n) is 16.1. The highest BCUT2D eigenvalue weighted by Gasteiger charge is 2.35. The minimum atomic E-state index is 0.250. The highest BCUT2D eigenvalue weighted by Crippen LogP contribution is 2.45. The average molecular weight is 569 g/mol. The van der Waals surface area contributed by atoms with Crippen LogP contribution in [0.5, 0.6) is 0 Å². The maximum absolute atomic E-state index is 2.35. The van der Waals surface area contributed by atoms with Crippen molar-refractivity contribution >= 4 is 10.8 Å². The highest BCUT2D eigenvalue weighted by atomic mass is 14.4. The molecule has 0 atom stereocenters. The van der Waals surface area contributed by atoms with Crippen LogP contribution >= 0.6 is 0 Å². The highest BCUT2D eigenvalue weighted by molar-refractivity contribution is 5.83. The van der Waals surface area contributed by atoms with E-state index in [-0.39, 0.29) is 10.8 Å². The molecule has 0 radical (unpaired) electrons. The third-order valence-electron chi connectivity index (χ3n) is 8.98. The summed E-state index contributed by atoms with van der Waals surface area (Å²) >= 11 is 0. The molecule has 0 heterocycles. The van der Waals surface area contributed by atoms with Gasteiger partial charge in [-0.15, -0.1) is 0 Å². The van der Waals surface area contributed by atoms with E-state index in [0.717, 1.165) is 0 Å². The molecular weight excluding hydrogens is 516 g/mol. The largest absolute Gasteiger partial charge is 0.0590 e. The van der Waals surface area contributed by atoms with Crippen LogP contribution in [-0.2, 0) is 10.8 Å². The van der Waals surface area contributed by atoms with Crippen molar-refractivity contribution in [1.82, 2.24) is 0 Å². The van der Waals surface area contributed by atoms with Crippen molar-refractivity contribution in [3.05, 3.63) is 154 Å². The smallest absolute Gasteiger partial charge is 0.0202 e. The molecule has 224 valence electrons. The fourth-order valence-corrected chi connectivity index (χ4v) is 6.18. The molecule has 0 bridgehead atoms. The fourth-order valence-electron chi connectivity index (χ4n) is 6.18. The number of hydrogen-bond donors (Lipinski definition) is 0. The molecule has 1 aliphatic carbocycles. The van der Waals surface area contributed by atoms with Crippen LogP contribution < -0.4 is 0 Å². The van der Waals surface area contributed by atoms with Gasteiger partial charge in [-0.3, -0.25) is 0 Å². The molecular formula is C43H52. The summed E-state index contributed by atoms with van der Waals surface area (Å²) in [6, 6.07) is 40.3. The minimum absolute atomic E-state index is 0.250. The van der Waals surface area contributed by atoms with Crippen molar-refractivity contribution < 1.29 is 0 Å². The second-order valence-electron chi connectivity index (χ2n) is 13.8. The lowest BCUT2D eigenvalue weighted by molar-refractivity contribution is 0.346. The van der Waals surface area contributed by atoms with Gasteiger partial charge in [0.15, 0.2) is 0 Å². The Labute approximate surface area is 262 Å². The van der Waals surface area contributed by atoms with E-state index >= 15 is 0 Å². The van der Waals surface area contributed by atoms with Gasteiger partial charge in [-0.05, 0) is 80.3 Å². The van der Waals surface area contributed by atoms with E-state index in [0.29, 0.717) is 0 Å². The van der Waals surface area contributed by atoms with Crippen LogP contribution in [0, 0.1) is 34.6 Å². The number of fused-ring (bicyclic) bond motifs is 1. The Bertz CT molecular complexity index is 1490. The summed E-state index contributed by atoms with van der Waals surface area (Å²) < 4.78 is 0. The second kappa shape index (κ2) is 14.2. The molecule has 1 saturated carbocycles. The summed E-state index contributed by atoms with van der Waals surface area (Å²) in [5.74, 6) is 0. The van der Waals surface area contributed by atoms with E-state index in [1.165, 1.54) is 87.4 Å². The SMILES string of the molecule is Cc1ccc(C(C)(C)C)cc1.Cc1ccc(C2(c3ccc(C)cc3)CCCCC2)cc1.Cc1ccc2ccc(C)cc2c1. The van der Waals surface area contributed by atoms with Gasteiger partial charge in [0.25, 0.3) is 0 Å². The molecule has 6 rings (SSSR count). The predicted octanol–water partition coefficient (Wildman–Crippen LogP) is 12.3. The van der Waals surface area contributed by atoms with Crippen LogP contribution in [0.4, 0.5) is 0 Å². The molecule has 0 unspecified atom stereocenters. The van der Waals surface area contributed by atoms with E-state index in [1.54, 1.807) is 0 Å². The van der Waals surface area contributed by atoms with E-state index in [9.17, 15) is 0 Å². The summed E-state index contributed by atoms with van der Waals surface area (Å²) in [6.45, 7) is 17.4. The van der Waals surface area contributed by atoms with Crippen molar-refractivity contribution in [2.75, 3.05) is 0 Å². The zero-order valence-corrected chi connectivity index (χ0v) is 27.9. The Kier molecular flexibility index (Phi) is 10.7. The monoisotopic (exact) mass is 568 g/mol. The van der Waals surface area contributed by atoms with Gasteiger partial charge in [0.2, 0.25) is 0 Å². The zero-order chi connectivity index (χ0) is 31.0. The summed E-state index contributed by atoms with van der Waals surface area (Å²) in [4.78, 5) is 0. The Hall–Kier alpha value is -3.64. The number of benzene rings is 5. The van der Waals surface area contributed by atoms with Crippen LogP contribution in [0.1, 0.15) is 97.4 Å². The third kappa shape index (κ3) is 8.70. The second-order valence-corrected chi connectivity index (χ2v) is 13.8. The van der Waals surface area contributed by atoms with Crippen LogP contribution in [0.25, 0.3) is 10.8 Å². The van der Waals surface area contributed by atoms with Crippen LogP contribution in [0.2, 0.25) is 0 Å². The van der Waals surface area contributed by atoms with Gasteiger partial charge in [0.1, 0.15) is 0 Å². The predicted molar refractivity (Wildman–Crippen MR) is 190 cm³/mol. The fraction of sp³-hybridized carbons (Fsp3) is 0.349. The topological polar surface area (TPSA) is 0 Å². The maximum Gasteiger partial charge on any atom is 0.0202 e. The van der Waals surface area contributed by atoms with E-state index in [1.807, 2.05) is 0 Å². The van der Waals surface area contributed by atoms with Gasteiger partial charge in [-0.2, -0.15) is 0 Å². The number of hydrogen-bond acceptors (Lipinski definition) is 0. The van der Waals surface area contributed by atoms with Gasteiger partial charge in [-0.1, -0.05) is 177 Å². The average Bonchev–Trinajstić information content (AvgIpc) is 2.98. The molecule has 0 saturated heterocycles. The lowest BCUT2D eigenvalue weighted by Gasteiger charge is -2.38. The van der Waals surface area contributed by atoms with Gasteiger partial charge in [-0.25, -0.2) is 0 Å². The summed E-state index contributed by atoms with van der Waals surface area (Å²) in [6.07, 6.45) is 6.67. The summed E-state index contributed by atoms with van der Waals surface area (Å²) in [5.41, 5.74) is 11.6. The van der Waals surface area contributed by atoms with Gasteiger partial charge in [0.05, 0.1) is 0 Å². The molecule has 0 spiro atoms. The Balaban J connectivity index is 0.000000158. The van der Waals surface area contributed by atoms with E-state index < -0.39 is 0 Å². The van der Waals surface area contributed by atoms with Crippen molar-refractivity contribution in [2.45, 2.75) is 98.3 Å². The Morgan fingerprint density at radius 1 is 0.419 bits per heavy atom. The normalized spacial score (nSPS) is 14.2. The quantitative estimate of drug-likeness (QED) is 0.199. The lowest BCUT2D eigenvalue weighted by atomic mass is 9.65. The number of aryl methyl sites for hydroxylation is 5. The first-order valence-corrected chi connectivity index (χ1v) is 16.1. The summed E-state index contributed by atoms with van der Waals surface area (Å²) in [5, 5.41) is 2.67. The lowest BCUT2D eigenvalue weighted by Crippen LogP contribution is -2.30. The molecule has 0 aromatic heterocycles. The molecule has 5 aromatic carbocycles. The maximum atomic E-state index is 2.35. The van der Waals surface area contributed by atoms with Crippen molar-refractivity contribution in [2.24, 2.45) is 0 Å². The van der Waals surface area contributed by atoms with Crippen LogP contribution in [-0.4, -0.2) is 0 Å². The van der Waals surface area contributed by atoms with Crippen LogP contribution in [0.15, 0.2) is 109 Å². The molecule has 5 aromatic rings.